The molecule has 21 heavy (non-hydrogen) atoms. The van der Waals surface area contributed by atoms with Gasteiger partial charge < -0.3 is 15.0 Å². The summed E-state index contributed by atoms with van der Waals surface area (Å²) in [5.74, 6) is 1.53. The van der Waals surface area contributed by atoms with Crippen LogP contribution in [0.2, 0.25) is 0 Å². The van der Waals surface area contributed by atoms with Gasteiger partial charge in [0.2, 0.25) is 5.95 Å². The molecule has 1 N–H and O–H groups in total. The third-order valence-electron chi connectivity index (χ3n) is 3.81. The summed E-state index contributed by atoms with van der Waals surface area (Å²) in [5, 5.41) is 3.45. The maximum Gasteiger partial charge on any atom is 0.225 e. The molecule has 0 aromatic carbocycles. The van der Waals surface area contributed by atoms with Crippen molar-refractivity contribution < 1.29 is 4.74 Å². The smallest absolute Gasteiger partial charge is 0.225 e. The van der Waals surface area contributed by atoms with E-state index in [1.165, 1.54) is 0 Å². The third kappa shape index (κ3) is 5.25. The molecule has 0 bridgehead atoms. The topological polar surface area (TPSA) is 50.3 Å². The largest absolute Gasteiger partial charge is 0.384 e. The van der Waals surface area contributed by atoms with Gasteiger partial charge in [0.1, 0.15) is 0 Å². The molecular formula is C16H28N4O. The molecule has 0 aliphatic carbocycles. The van der Waals surface area contributed by atoms with E-state index in [0.29, 0.717) is 5.92 Å². The van der Waals surface area contributed by atoms with Crippen LogP contribution in [0.25, 0.3) is 0 Å². The summed E-state index contributed by atoms with van der Waals surface area (Å²) in [7, 11) is 1.78. The fourth-order valence-corrected chi connectivity index (χ4v) is 2.51. The quantitative estimate of drug-likeness (QED) is 0.902. The molecular weight excluding hydrogens is 264 g/mol. The van der Waals surface area contributed by atoms with Crippen LogP contribution in [0, 0.1) is 5.92 Å². The van der Waals surface area contributed by atoms with Crippen molar-refractivity contribution in [3.63, 3.8) is 0 Å². The van der Waals surface area contributed by atoms with Crippen molar-refractivity contribution in [1.29, 1.82) is 0 Å². The number of aromatic nitrogens is 2. The van der Waals surface area contributed by atoms with E-state index in [1.807, 2.05) is 12.4 Å². The Morgan fingerprint density at radius 2 is 1.86 bits per heavy atom. The molecule has 118 valence electrons. The zero-order chi connectivity index (χ0) is 15.3. The summed E-state index contributed by atoms with van der Waals surface area (Å²) in [5.41, 5.74) is 1.24. The molecule has 2 heterocycles. The van der Waals surface area contributed by atoms with Gasteiger partial charge in [-0.25, -0.2) is 9.97 Å². The maximum absolute atomic E-state index is 5.24. The van der Waals surface area contributed by atoms with Crippen LogP contribution >= 0.6 is 0 Å². The highest BCUT2D eigenvalue weighted by Gasteiger charge is 2.20. The molecule has 0 amide bonds. The highest BCUT2D eigenvalue weighted by Crippen LogP contribution is 2.20. The normalized spacial score (nSPS) is 17.2. The van der Waals surface area contributed by atoms with Gasteiger partial charge in [0, 0.05) is 56.8 Å². The second-order valence-electron chi connectivity index (χ2n) is 6.88. The van der Waals surface area contributed by atoms with Gasteiger partial charge in [0.15, 0.2) is 0 Å². The van der Waals surface area contributed by atoms with E-state index < -0.39 is 0 Å². The molecule has 0 saturated carbocycles. The van der Waals surface area contributed by atoms with Crippen molar-refractivity contribution in [2.75, 3.05) is 31.7 Å². The number of methoxy groups -OCH3 is 1. The second kappa shape index (κ2) is 7.18. The SMILES string of the molecule is COCC1CCN(c2ncc(CNC(C)(C)C)cn2)CC1. The molecule has 0 atom stereocenters. The first-order valence-corrected chi connectivity index (χ1v) is 7.78. The second-order valence-corrected chi connectivity index (χ2v) is 6.88. The van der Waals surface area contributed by atoms with Crippen molar-refractivity contribution in [2.24, 2.45) is 5.92 Å². The number of hydrogen-bond acceptors (Lipinski definition) is 5. The Bertz CT molecular complexity index is 419. The van der Waals surface area contributed by atoms with Crippen LogP contribution in [0.15, 0.2) is 12.4 Å². The number of rotatable bonds is 5. The van der Waals surface area contributed by atoms with Gasteiger partial charge in [-0.05, 0) is 39.5 Å². The molecule has 0 radical (unpaired) electrons. The number of ether oxygens (including phenoxy) is 1. The van der Waals surface area contributed by atoms with E-state index in [-0.39, 0.29) is 5.54 Å². The van der Waals surface area contributed by atoms with Crippen LogP contribution < -0.4 is 10.2 Å². The zero-order valence-electron chi connectivity index (χ0n) is 13.7. The number of piperidine rings is 1. The Hall–Kier alpha value is -1.20. The van der Waals surface area contributed by atoms with Gasteiger partial charge in [-0.15, -0.1) is 0 Å². The van der Waals surface area contributed by atoms with Crippen molar-refractivity contribution in [1.82, 2.24) is 15.3 Å². The van der Waals surface area contributed by atoms with Crippen molar-refractivity contribution in [3.8, 4) is 0 Å². The lowest BCUT2D eigenvalue weighted by Crippen LogP contribution is -2.36. The van der Waals surface area contributed by atoms with Crippen molar-refractivity contribution >= 4 is 5.95 Å². The average molecular weight is 292 g/mol. The van der Waals surface area contributed by atoms with Crippen LogP contribution in [0.3, 0.4) is 0 Å². The summed E-state index contributed by atoms with van der Waals surface area (Å²) < 4.78 is 5.24. The molecule has 5 heteroatoms. The van der Waals surface area contributed by atoms with Gasteiger partial charge in [0.25, 0.3) is 0 Å². The van der Waals surface area contributed by atoms with Gasteiger partial charge in [0.05, 0.1) is 0 Å². The fourth-order valence-electron chi connectivity index (χ4n) is 2.51. The molecule has 2 rings (SSSR count). The number of hydrogen-bond donors (Lipinski definition) is 1. The Morgan fingerprint density at radius 3 is 2.38 bits per heavy atom. The Morgan fingerprint density at radius 1 is 1.24 bits per heavy atom. The Kier molecular flexibility index (Phi) is 5.53. The summed E-state index contributed by atoms with van der Waals surface area (Å²) in [6.07, 6.45) is 6.18. The van der Waals surface area contributed by atoms with Crippen LogP contribution in [-0.2, 0) is 11.3 Å². The van der Waals surface area contributed by atoms with Crippen LogP contribution in [0.4, 0.5) is 5.95 Å². The third-order valence-corrected chi connectivity index (χ3v) is 3.81. The standard InChI is InChI=1S/C16H28N4O/c1-16(2,3)19-11-14-9-17-15(18-10-14)20-7-5-13(6-8-20)12-21-4/h9-10,13,19H,5-8,11-12H2,1-4H3. The fraction of sp³-hybridized carbons (Fsp3) is 0.750. The van der Waals surface area contributed by atoms with Crippen LogP contribution in [0.5, 0.6) is 0 Å². The molecule has 0 unspecified atom stereocenters. The number of nitrogens with zero attached hydrogens (tertiary/aromatic N) is 3. The molecule has 1 aliphatic rings. The van der Waals surface area contributed by atoms with Gasteiger partial charge in [-0.3, -0.25) is 0 Å². The van der Waals surface area contributed by atoms with E-state index in [4.69, 9.17) is 4.74 Å². The average Bonchev–Trinajstić information content (AvgIpc) is 2.46. The molecule has 5 nitrogen and oxygen atoms in total. The first kappa shape index (κ1) is 16.2. The molecule has 1 aliphatic heterocycles. The number of anilines is 1. The maximum atomic E-state index is 5.24. The lowest BCUT2D eigenvalue weighted by atomic mass is 9.98. The van der Waals surface area contributed by atoms with Gasteiger partial charge in [-0.2, -0.15) is 0 Å². The lowest BCUT2D eigenvalue weighted by Gasteiger charge is -2.31. The van der Waals surface area contributed by atoms with Gasteiger partial charge >= 0.3 is 0 Å². The minimum absolute atomic E-state index is 0.113. The van der Waals surface area contributed by atoms with E-state index in [2.05, 4.69) is 41.0 Å². The summed E-state index contributed by atoms with van der Waals surface area (Å²) in [6, 6.07) is 0. The first-order valence-electron chi connectivity index (χ1n) is 7.78. The molecule has 1 aromatic rings. The van der Waals surface area contributed by atoms with Crippen molar-refractivity contribution in [3.05, 3.63) is 18.0 Å². The predicted molar refractivity (Wildman–Crippen MR) is 85.4 cm³/mol. The predicted octanol–water partition coefficient (Wildman–Crippen LogP) is 2.23. The summed E-state index contributed by atoms with van der Waals surface area (Å²) in [4.78, 5) is 11.3. The van der Waals surface area contributed by atoms with Crippen LogP contribution in [0.1, 0.15) is 39.2 Å². The summed E-state index contributed by atoms with van der Waals surface area (Å²) >= 11 is 0. The highest BCUT2D eigenvalue weighted by atomic mass is 16.5. The zero-order valence-corrected chi connectivity index (χ0v) is 13.7. The van der Waals surface area contributed by atoms with E-state index >= 15 is 0 Å². The van der Waals surface area contributed by atoms with Gasteiger partial charge in [-0.1, -0.05) is 0 Å². The molecule has 1 aromatic heterocycles. The molecule has 0 spiro atoms. The monoisotopic (exact) mass is 292 g/mol. The molecule has 1 saturated heterocycles. The van der Waals surface area contributed by atoms with Crippen molar-refractivity contribution in [2.45, 2.75) is 45.7 Å². The summed E-state index contributed by atoms with van der Waals surface area (Å²) in [6.45, 7) is 10.2. The minimum atomic E-state index is 0.113. The first-order chi connectivity index (χ1) is 9.98. The molecule has 1 fully saturated rings. The Balaban J connectivity index is 1.85. The van der Waals surface area contributed by atoms with E-state index in [9.17, 15) is 0 Å². The van der Waals surface area contributed by atoms with E-state index in [0.717, 1.165) is 50.6 Å². The number of nitrogens with one attached hydrogen (secondary N) is 1. The van der Waals surface area contributed by atoms with Crippen LogP contribution in [-0.4, -0.2) is 42.3 Å². The Labute approximate surface area is 128 Å². The highest BCUT2D eigenvalue weighted by molar-refractivity contribution is 5.30. The minimum Gasteiger partial charge on any atom is -0.384 e. The lowest BCUT2D eigenvalue weighted by molar-refractivity contribution is 0.139. The van der Waals surface area contributed by atoms with E-state index in [1.54, 1.807) is 7.11 Å².